The van der Waals surface area contributed by atoms with Crippen LogP contribution in [0.1, 0.15) is 106 Å². The molecule has 5 aliphatic carbocycles. The average molecular weight is 457 g/mol. The molecule has 5 aliphatic rings. The molecule has 5 saturated carbocycles. The molecule has 0 saturated heterocycles. The topological polar surface area (TPSA) is 57.5 Å². The molecule has 3 nitrogen and oxygen atoms in total. The standard InChI is InChI=1S/C30H48O3/c1-19(17-31)15-21(32)16-20(2)22-9-11-28(6)24-8-7-23-26(3,4)25(33)10-12-29(23)18-30(24,29)14-13-27(22,28)5/h15,20-24,31-32H,7-14,16-18H2,1-6H3/t20-,21+,22-,23+,24+,27-,28+,29-,30+/m1/s1. The summed E-state index contributed by atoms with van der Waals surface area (Å²) in [5.41, 5.74) is 2.41. The van der Waals surface area contributed by atoms with Crippen LogP contribution < -0.4 is 0 Å². The van der Waals surface area contributed by atoms with Gasteiger partial charge in [-0.3, -0.25) is 4.79 Å². The molecule has 2 N–H and O–H groups in total. The number of hydrogen-bond donors (Lipinski definition) is 2. The number of carbonyl (C=O) groups is 1. The molecule has 186 valence electrons. The molecule has 33 heavy (non-hydrogen) atoms. The first-order valence-electron chi connectivity index (χ1n) is 13.9. The van der Waals surface area contributed by atoms with Gasteiger partial charge >= 0.3 is 0 Å². The molecule has 3 heteroatoms. The lowest BCUT2D eigenvalue weighted by Crippen LogP contribution is -2.57. The minimum atomic E-state index is -0.457. The zero-order chi connectivity index (χ0) is 24.0. The van der Waals surface area contributed by atoms with Crippen molar-refractivity contribution < 1.29 is 15.0 Å². The maximum absolute atomic E-state index is 12.8. The van der Waals surface area contributed by atoms with E-state index in [4.69, 9.17) is 0 Å². The molecule has 0 amide bonds. The quantitative estimate of drug-likeness (QED) is 0.476. The van der Waals surface area contributed by atoms with Crippen molar-refractivity contribution in [2.75, 3.05) is 6.61 Å². The van der Waals surface area contributed by atoms with E-state index < -0.39 is 6.10 Å². The molecule has 0 aromatic heterocycles. The van der Waals surface area contributed by atoms with Crippen LogP contribution in [0.2, 0.25) is 0 Å². The van der Waals surface area contributed by atoms with E-state index in [1.165, 1.54) is 44.9 Å². The van der Waals surface area contributed by atoms with Gasteiger partial charge in [0.1, 0.15) is 5.78 Å². The van der Waals surface area contributed by atoms with Crippen LogP contribution in [-0.4, -0.2) is 28.7 Å². The van der Waals surface area contributed by atoms with Crippen LogP contribution in [-0.2, 0) is 4.79 Å². The van der Waals surface area contributed by atoms with Crippen molar-refractivity contribution in [1.29, 1.82) is 0 Å². The number of aliphatic hydroxyl groups excluding tert-OH is 2. The van der Waals surface area contributed by atoms with Gasteiger partial charge in [0.15, 0.2) is 0 Å². The van der Waals surface area contributed by atoms with Crippen molar-refractivity contribution in [3.8, 4) is 0 Å². The normalized spacial score (nSPS) is 50.0. The maximum Gasteiger partial charge on any atom is 0.138 e. The Bertz CT molecular complexity index is 859. The van der Waals surface area contributed by atoms with Crippen LogP contribution in [0.5, 0.6) is 0 Å². The first-order valence-corrected chi connectivity index (χ1v) is 13.9. The van der Waals surface area contributed by atoms with Gasteiger partial charge in [0, 0.05) is 11.8 Å². The van der Waals surface area contributed by atoms with Gasteiger partial charge in [0.25, 0.3) is 0 Å². The monoisotopic (exact) mass is 456 g/mol. The summed E-state index contributed by atoms with van der Waals surface area (Å²) in [6.45, 7) is 14.0. The van der Waals surface area contributed by atoms with Crippen LogP contribution in [0.4, 0.5) is 0 Å². The Labute approximate surface area is 201 Å². The van der Waals surface area contributed by atoms with Gasteiger partial charge in [-0.2, -0.15) is 0 Å². The third-order valence-corrected chi connectivity index (χ3v) is 12.9. The summed E-state index contributed by atoms with van der Waals surface area (Å²) >= 11 is 0. The summed E-state index contributed by atoms with van der Waals surface area (Å²) < 4.78 is 0. The van der Waals surface area contributed by atoms with Crippen LogP contribution >= 0.6 is 0 Å². The minimum absolute atomic E-state index is 0.0273. The van der Waals surface area contributed by atoms with E-state index in [9.17, 15) is 15.0 Å². The van der Waals surface area contributed by atoms with Crippen LogP contribution in [0.3, 0.4) is 0 Å². The zero-order valence-electron chi connectivity index (χ0n) is 22.0. The van der Waals surface area contributed by atoms with Crippen LogP contribution in [0.25, 0.3) is 0 Å². The molecular weight excluding hydrogens is 408 g/mol. The smallest absolute Gasteiger partial charge is 0.138 e. The van der Waals surface area contributed by atoms with Crippen molar-refractivity contribution in [3.63, 3.8) is 0 Å². The molecule has 5 fully saturated rings. The van der Waals surface area contributed by atoms with Crippen molar-refractivity contribution in [3.05, 3.63) is 11.6 Å². The number of carbonyl (C=O) groups excluding carboxylic acids is 1. The summed E-state index contributed by atoms with van der Waals surface area (Å²) in [6.07, 6.45) is 13.4. The fourth-order valence-corrected chi connectivity index (χ4v) is 11.1. The predicted octanol–water partition coefficient (Wildman–Crippen LogP) is 6.32. The second-order valence-electron chi connectivity index (χ2n) is 14.2. The minimum Gasteiger partial charge on any atom is -0.392 e. The Morgan fingerprint density at radius 1 is 1.00 bits per heavy atom. The van der Waals surface area contributed by atoms with Crippen molar-refractivity contribution in [2.45, 2.75) is 112 Å². The van der Waals surface area contributed by atoms with Gasteiger partial charge in [-0.05, 0) is 116 Å². The first-order chi connectivity index (χ1) is 15.4. The van der Waals surface area contributed by atoms with Gasteiger partial charge in [0.05, 0.1) is 12.7 Å². The molecule has 2 spiro atoms. The van der Waals surface area contributed by atoms with Crippen LogP contribution in [0.15, 0.2) is 11.6 Å². The zero-order valence-corrected chi connectivity index (χ0v) is 22.0. The molecular formula is C30H48O3. The molecule has 9 atom stereocenters. The Kier molecular flexibility index (Phi) is 5.40. The Morgan fingerprint density at radius 3 is 2.36 bits per heavy atom. The van der Waals surface area contributed by atoms with Gasteiger partial charge in [0.2, 0.25) is 0 Å². The average Bonchev–Trinajstić information content (AvgIpc) is 3.33. The summed E-state index contributed by atoms with van der Waals surface area (Å²) in [7, 11) is 0. The summed E-state index contributed by atoms with van der Waals surface area (Å²) in [6, 6.07) is 0. The largest absolute Gasteiger partial charge is 0.392 e. The molecule has 0 radical (unpaired) electrons. The van der Waals surface area contributed by atoms with E-state index in [1.807, 2.05) is 13.0 Å². The van der Waals surface area contributed by atoms with E-state index in [0.29, 0.717) is 45.2 Å². The fourth-order valence-electron chi connectivity index (χ4n) is 11.1. The van der Waals surface area contributed by atoms with Crippen LogP contribution in [0, 0.1) is 50.7 Å². The first kappa shape index (κ1) is 24.0. The second kappa shape index (κ2) is 7.42. The number of aliphatic hydroxyl groups is 2. The van der Waals surface area contributed by atoms with E-state index in [-0.39, 0.29) is 12.0 Å². The molecule has 0 heterocycles. The van der Waals surface area contributed by atoms with E-state index in [1.54, 1.807) is 0 Å². The Morgan fingerprint density at radius 2 is 1.67 bits per heavy atom. The van der Waals surface area contributed by atoms with Gasteiger partial charge < -0.3 is 10.2 Å². The lowest BCUT2D eigenvalue weighted by atomic mass is 9.42. The SMILES string of the molecule is CC(=C[C@H](O)C[C@@H](C)[C@H]1CC[C@@]2(C)[C@@H]3CC[C@H]4C(C)(C)C(=O)CC[C@@]45C[C@@]35CC[C@]12C)CO. The highest BCUT2D eigenvalue weighted by Crippen LogP contribution is 2.88. The number of rotatable bonds is 5. The summed E-state index contributed by atoms with van der Waals surface area (Å²) in [5.74, 6) is 3.07. The highest BCUT2D eigenvalue weighted by atomic mass is 16.3. The summed E-state index contributed by atoms with van der Waals surface area (Å²) in [5, 5.41) is 20.0. The van der Waals surface area contributed by atoms with E-state index >= 15 is 0 Å². The van der Waals surface area contributed by atoms with Gasteiger partial charge in [-0.1, -0.05) is 40.7 Å². The Hall–Kier alpha value is -0.670. The number of ketones is 1. The van der Waals surface area contributed by atoms with E-state index in [0.717, 1.165) is 30.8 Å². The fraction of sp³-hybridized carbons (Fsp3) is 0.900. The third-order valence-electron chi connectivity index (χ3n) is 12.9. The molecule has 5 rings (SSSR count). The Balaban J connectivity index is 1.39. The number of fused-ring (bicyclic) bond motifs is 2. The van der Waals surface area contributed by atoms with Gasteiger partial charge in [-0.15, -0.1) is 0 Å². The third kappa shape index (κ3) is 2.97. The van der Waals surface area contributed by atoms with Gasteiger partial charge in [-0.25, -0.2) is 0 Å². The molecule has 0 aromatic rings. The maximum atomic E-state index is 12.8. The lowest BCUT2D eigenvalue weighted by molar-refractivity contribution is -0.157. The lowest BCUT2D eigenvalue weighted by Gasteiger charge is -2.62. The second-order valence-corrected chi connectivity index (χ2v) is 14.2. The van der Waals surface area contributed by atoms with Crippen molar-refractivity contribution >= 4 is 5.78 Å². The molecule has 0 unspecified atom stereocenters. The van der Waals surface area contributed by atoms with E-state index in [2.05, 4.69) is 34.6 Å². The predicted molar refractivity (Wildman–Crippen MR) is 133 cm³/mol. The number of hydrogen-bond acceptors (Lipinski definition) is 3. The van der Waals surface area contributed by atoms with Crippen molar-refractivity contribution in [1.82, 2.24) is 0 Å². The summed E-state index contributed by atoms with van der Waals surface area (Å²) in [4.78, 5) is 12.8. The molecule has 0 aliphatic heterocycles. The number of Topliss-reactive ketones (excluding diaryl/α,β-unsaturated/α-hetero) is 1. The van der Waals surface area contributed by atoms with Crippen molar-refractivity contribution in [2.24, 2.45) is 50.7 Å². The molecule has 0 aromatic carbocycles. The molecule has 0 bridgehead atoms. The highest BCUT2D eigenvalue weighted by Gasteiger charge is 2.82. The highest BCUT2D eigenvalue weighted by molar-refractivity contribution is 5.86.